The number of hydrogen-bond acceptors (Lipinski definition) is 2. The Morgan fingerprint density at radius 3 is 2.71 bits per heavy atom. The fourth-order valence-corrected chi connectivity index (χ4v) is 2.90. The Labute approximate surface area is 120 Å². The van der Waals surface area contributed by atoms with Gasteiger partial charge in [-0.1, -0.05) is 45.2 Å². The number of halogens is 3. The predicted octanol–water partition coefficient (Wildman–Crippen LogP) is 3.86. The molecule has 2 rings (SSSR count). The van der Waals surface area contributed by atoms with Crippen LogP contribution in [0.25, 0.3) is 0 Å². The fraction of sp³-hybridized carbons (Fsp3) is 0.417. The normalized spacial score (nSPS) is 19.2. The number of hydrogen-bond donors (Lipinski definition) is 1. The zero-order valence-electron chi connectivity index (χ0n) is 9.22. The standard InChI is InChI=1S/C12H13BrCl2N2/c13-4-5-16-11-6-8(7-17-11)12-9(14)2-1-3-10(12)15/h1-3,8H,4-7H2,(H,16,17). The molecule has 1 aromatic rings. The van der Waals surface area contributed by atoms with Gasteiger partial charge in [0.25, 0.3) is 0 Å². The van der Waals surface area contributed by atoms with Gasteiger partial charge in [-0.25, -0.2) is 0 Å². The first kappa shape index (κ1) is 13.2. The van der Waals surface area contributed by atoms with Gasteiger partial charge in [0, 0.05) is 40.8 Å². The highest BCUT2D eigenvalue weighted by atomic mass is 79.9. The van der Waals surface area contributed by atoms with Crippen LogP contribution < -0.4 is 5.32 Å². The Morgan fingerprint density at radius 1 is 1.35 bits per heavy atom. The highest BCUT2D eigenvalue weighted by molar-refractivity contribution is 9.09. The van der Waals surface area contributed by atoms with E-state index in [1.54, 1.807) is 0 Å². The minimum absolute atomic E-state index is 0.300. The van der Waals surface area contributed by atoms with E-state index >= 15 is 0 Å². The third kappa shape index (κ3) is 3.15. The van der Waals surface area contributed by atoms with Crippen molar-refractivity contribution in [3.63, 3.8) is 0 Å². The molecule has 0 saturated carbocycles. The van der Waals surface area contributed by atoms with Crippen molar-refractivity contribution < 1.29 is 0 Å². The molecule has 1 aliphatic heterocycles. The molecule has 92 valence electrons. The summed E-state index contributed by atoms with van der Waals surface area (Å²) in [5.74, 6) is 1.35. The smallest absolute Gasteiger partial charge is 0.0970 e. The largest absolute Gasteiger partial charge is 0.373 e. The fourth-order valence-electron chi connectivity index (χ4n) is 2.00. The highest BCUT2D eigenvalue weighted by Crippen LogP contribution is 2.35. The van der Waals surface area contributed by atoms with Gasteiger partial charge >= 0.3 is 0 Å². The molecule has 0 aromatic heterocycles. The Kier molecular flexibility index (Phi) is 4.71. The maximum Gasteiger partial charge on any atom is 0.0970 e. The van der Waals surface area contributed by atoms with Crippen molar-refractivity contribution in [3.05, 3.63) is 33.8 Å². The van der Waals surface area contributed by atoms with Crippen LogP contribution in [0.5, 0.6) is 0 Å². The quantitative estimate of drug-likeness (QED) is 0.833. The monoisotopic (exact) mass is 334 g/mol. The predicted molar refractivity (Wildman–Crippen MR) is 77.9 cm³/mol. The van der Waals surface area contributed by atoms with Crippen molar-refractivity contribution in [2.45, 2.75) is 12.3 Å². The van der Waals surface area contributed by atoms with Crippen LogP contribution in [-0.2, 0) is 0 Å². The zero-order valence-corrected chi connectivity index (χ0v) is 12.3. The van der Waals surface area contributed by atoms with Crippen LogP contribution in [0.1, 0.15) is 17.9 Å². The van der Waals surface area contributed by atoms with Gasteiger partial charge in [0.2, 0.25) is 0 Å². The molecule has 0 bridgehead atoms. The summed E-state index contributed by atoms with van der Waals surface area (Å²) in [7, 11) is 0. The lowest BCUT2D eigenvalue weighted by Gasteiger charge is -2.13. The highest BCUT2D eigenvalue weighted by Gasteiger charge is 2.24. The van der Waals surface area contributed by atoms with E-state index < -0.39 is 0 Å². The van der Waals surface area contributed by atoms with Crippen molar-refractivity contribution in [1.29, 1.82) is 0 Å². The molecule has 1 aliphatic rings. The summed E-state index contributed by atoms with van der Waals surface area (Å²) >= 11 is 15.8. The van der Waals surface area contributed by atoms with E-state index in [0.717, 1.165) is 46.3 Å². The summed E-state index contributed by atoms with van der Waals surface area (Å²) in [6, 6.07) is 5.63. The van der Waals surface area contributed by atoms with Crippen LogP contribution in [0.2, 0.25) is 10.0 Å². The number of aliphatic imine (C=N–C) groups is 1. The van der Waals surface area contributed by atoms with Crippen LogP contribution in [0.4, 0.5) is 0 Å². The van der Waals surface area contributed by atoms with Gasteiger partial charge in [0.1, 0.15) is 0 Å². The number of alkyl halides is 1. The zero-order chi connectivity index (χ0) is 12.3. The third-order valence-electron chi connectivity index (χ3n) is 2.77. The lowest BCUT2D eigenvalue weighted by Crippen LogP contribution is -2.24. The van der Waals surface area contributed by atoms with E-state index in [1.165, 1.54) is 0 Å². The lowest BCUT2D eigenvalue weighted by atomic mass is 9.97. The number of nitrogens with one attached hydrogen (secondary N) is 1. The van der Waals surface area contributed by atoms with Crippen LogP contribution in [0.3, 0.4) is 0 Å². The van der Waals surface area contributed by atoms with Gasteiger partial charge in [0.05, 0.1) is 5.84 Å². The summed E-state index contributed by atoms with van der Waals surface area (Å²) in [5, 5.41) is 5.68. The molecule has 0 saturated heterocycles. The summed E-state index contributed by atoms with van der Waals surface area (Å²) < 4.78 is 0. The number of benzene rings is 1. The first-order chi connectivity index (χ1) is 8.22. The van der Waals surface area contributed by atoms with E-state index in [1.807, 2.05) is 18.2 Å². The minimum atomic E-state index is 0.300. The summed E-state index contributed by atoms with van der Waals surface area (Å²) in [6.45, 7) is 1.65. The summed E-state index contributed by atoms with van der Waals surface area (Å²) in [4.78, 5) is 4.48. The van der Waals surface area contributed by atoms with E-state index in [-0.39, 0.29) is 0 Å². The van der Waals surface area contributed by atoms with Gasteiger partial charge in [-0.2, -0.15) is 0 Å². The number of rotatable bonds is 3. The second-order valence-corrected chi connectivity index (χ2v) is 5.55. The summed E-state index contributed by atoms with van der Waals surface area (Å²) in [6.07, 6.45) is 0.885. The maximum absolute atomic E-state index is 6.20. The molecule has 17 heavy (non-hydrogen) atoms. The van der Waals surface area contributed by atoms with Crippen LogP contribution in [0, 0.1) is 0 Å². The average molecular weight is 336 g/mol. The second-order valence-electron chi connectivity index (χ2n) is 3.94. The van der Waals surface area contributed by atoms with Crippen LogP contribution in [-0.4, -0.2) is 24.3 Å². The molecule has 1 N–H and O–H groups in total. The van der Waals surface area contributed by atoms with Crippen LogP contribution >= 0.6 is 39.1 Å². The summed E-state index contributed by atoms with van der Waals surface area (Å²) in [5.41, 5.74) is 1.02. The molecule has 0 aliphatic carbocycles. The molecule has 0 spiro atoms. The molecule has 0 radical (unpaired) electrons. The molecule has 1 heterocycles. The third-order valence-corrected chi connectivity index (χ3v) is 3.83. The Bertz CT molecular complexity index is 414. The topological polar surface area (TPSA) is 24.4 Å². The first-order valence-electron chi connectivity index (χ1n) is 5.49. The van der Waals surface area contributed by atoms with E-state index in [9.17, 15) is 0 Å². The molecule has 0 amide bonds. The SMILES string of the molecule is Clc1cccc(Cl)c1C1CN=C(NCCBr)C1. The number of nitrogens with zero attached hydrogens (tertiary/aromatic N) is 1. The maximum atomic E-state index is 6.20. The molecule has 0 fully saturated rings. The van der Waals surface area contributed by atoms with Crippen LogP contribution in [0.15, 0.2) is 23.2 Å². The minimum Gasteiger partial charge on any atom is -0.373 e. The lowest BCUT2D eigenvalue weighted by molar-refractivity contribution is 0.774. The van der Waals surface area contributed by atoms with E-state index in [4.69, 9.17) is 23.2 Å². The first-order valence-corrected chi connectivity index (χ1v) is 7.37. The Hall–Kier alpha value is -0.250. The Morgan fingerprint density at radius 2 is 2.06 bits per heavy atom. The second kappa shape index (κ2) is 6.07. The molecule has 1 atom stereocenters. The van der Waals surface area contributed by atoms with Gasteiger partial charge in [0.15, 0.2) is 0 Å². The van der Waals surface area contributed by atoms with Crippen molar-refractivity contribution in [2.75, 3.05) is 18.4 Å². The molecule has 2 nitrogen and oxygen atoms in total. The van der Waals surface area contributed by atoms with Crippen molar-refractivity contribution >= 4 is 45.0 Å². The average Bonchev–Trinajstić information content (AvgIpc) is 2.75. The van der Waals surface area contributed by atoms with Gasteiger partial charge in [-0.3, -0.25) is 4.99 Å². The van der Waals surface area contributed by atoms with E-state index in [2.05, 4.69) is 26.2 Å². The molecular weight excluding hydrogens is 323 g/mol. The van der Waals surface area contributed by atoms with Crippen molar-refractivity contribution in [3.8, 4) is 0 Å². The molecule has 1 unspecified atom stereocenters. The van der Waals surface area contributed by atoms with E-state index in [0.29, 0.717) is 5.92 Å². The van der Waals surface area contributed by atoms with Crippen molar-refractivity contribution in [2.24, 2.45) is 4.99 Å². The van der Waals surface area contributed by atoms with Crippen molar-refractivity contribution in [1.82, 2.24) is 5.32 Å². The molecule has 1 aromatic carbocycles. The Balaban J connectivity index is 2.07. The molecule has 5 heteroatoms. The number of amidine groups is 1. The van der Waals surface area contributed by atoms with Gasteiger partial charge in [-0.05, 0) is 17.7 Å². The van der Waals surface area contributed by atoms with Gasteiger partial charge < -0.3 is 5.32 Å². The molecular formula is C12H13BrCl2N2. The van der Waals surface area contributed by atoms with Gasteiger partial charge in [-0.15, -0.1) is 0 Å².